The predicted molar refractivity (Wildman–Crippen MR) is 222 cm³/mol. The van der Waals surface area contributed by atoms with Gasteiger partial charge in [-0.2, -0.15) is 0 Å². The van der Waals surface area contributed by atoms with Crippen molar-refractivity contribution in [1.82, 2.24) is 4.90 Å². The molecule has 59 heavy (non-hydrogen) atoms. The van der Waals surface area contributed by atoms with Gasteiger partial charge in [0.25, 0.3) is 11.7 Å². The highest BCUT2D eigenvalue weighted by molar-refractivity contribution is 6.39. The number of ketones is 2. The fourth-order valence-corrected chi connectivity index (χ4v) is 9.57. The van der Waals surface area contributed by atoms with Gasteiger partial charge in [-0.25, -0.2) is 4.79 Å². The molecule has 1 unspecified atom stereocenters. The summed E-state index contributed by atoms with van der Waals surface area (Å²) in [5.74, 6) is -7.60. The number of Topliss-reactive ketones (excluding diaryl/α,β-unsaturated/α-hetero) is 2. The van der Waals surface area contributed by atoms with Gasteiger partial charge in [0.1, 0.15) is 24.0 Å². The van der Waals surface area contributed by atoms with Crippen LogP contribution in [0.1, 0.15) is 119 Å². The molecule has 4 aliphatic rings. The van der Waals surface area contributed by atoms with Crippen molar-refractivity contribution in [2.75, 3.05) is 27.4 Å². The van der Waals surface area contributed by atoms with Crippen LogP contribution >= 0.6 is 0 Å². The third-order valence-corrected chi connectivity index (χ3v) is 13.1. The largest absolute Gasteiger partial charge is 0.456 e. The average Bonchev–Trinajstić information content (AvgIpc) is 3.20. The lowest BCUT2D eigenvalue weighted by Crippen LogP contribution is -2.64. The third kappa shape index (κ3) is 12.2. The van der Waals surface area contributed by atoms with Gasteiger partial charge in [-0.05, 0) is 102 Å². The zero-order valence-corrected chi connectivity index (χ0v) is 37.0. The first kappa shape index (κ1) is 48.9. The van der Waals surface area contributed by atoms with Gasteiger partial charge >= 0.3 is 5.97 Å². The Morgan fingerprint density at radius 1 is 0.949 bits per heavy atom. The van der Waals surface area contributed by atoms with Crippen LogP contribution in [0.5, 0.6) is 0 Å². The standard InChI is InChI=1S/C46H73NO12/c1-11-33-19-27(4)18-28(5)20-39(55-9)42-40(56-10)22-30(7)46(54,59-42)43(51)44(52)47-17-13-12-14-34(47)45(53)58-41(31(8)36(49)24-37(33)50)29(6)21-32-15-16-35(48)38(23-32)57-25-26(2)3/h19,21,28,30-36,38-42,48-49,54H,2,11-18,20,22-25H2,1,3-10H3/b27-19+,29-21+/t28-,30-,31+,32-,33+,34-,35+,36-,38+,39-,40-,41+,42+,46?/m0/s1. The summed E-state index contributed by atoms with van der Waals surface area (Å²) in [5, 5.41) is 34.5. The SMILES string of the molecule is C=C(C)CO[C@@H]1C[C@H](/C=C(\C)[C@H]2OC(=O)[C@@H]3CCCCN3C(=O)C(=O)C3(O)O[C@H]([C@@H](OC)C[C@@H](C)C/C(C)=C/[C@@H](CC)C(=O)C[C@H](O)[C@H]2C)[C@@H](OC)C[C@@H]3C)CC[C@H]1O. The molecule has 4 rings (SSSR count). The monoisotopic (exact) mass is 832 g/mol. The lowest BCUT2D eigenvalue weighted by molar-refractivity contribution is -0.302. The summed E-state index contributed by atoms with van der Waals surface area (Å²) in [6.07, 6.45) is 3.44. The first-order chi connectivity index (χ1) is 27.8. The Hall–Kier alpha value is -2.78. The number of cyclic esters (lactones) is 1. The Morgan fingerprint density at radius 2 is 1.63 bits per heavy atom. The summed E-state index contributed by atoms with van der Waals surface area (Å²) in [6, 6.07) is -1.14. The Morgan fingerprint density at radius 3 is 2.27 bits per heavy atom. The molecule has 3 aliphatic heterocycles. The van der Waals surface area contributed by atoms with Crippen LogP contribution in [0.2, 0.25) is 0 Å². The molecule has 1 aliphatic carbocycles. The fraction of sp³-hybridized carbons (Fsp3) is 0.783. The fourth-order valence-electron chi connectivity index (χ4n) is 9.57. The highest BCUT2D eigenvalue weighted by Gasteiger charge is 2.56. The summed E-state index contributed by atoms with van der Waals surface area (Å²) < 4.78 is 30.3. The second-order valence-corrected chi connectivity index (χ2v) is 18.2. The van der Waals surface area contributed by atoms with E-state index in [2.05, 4.69) is 13.5 Å². The van der Waals surface area contributed by atoms with Crippen LogP contribution in [0.25, 0.3) is 0 Å². The zero-order valence-electron chi connectivity index (χ0n) is 37.0. The van der Waals surface area contributed by atoms with Gasteiger partial charge in [0.15, 0.2) is 0 Å². The molecular formula is C46H73NO12. The van der Waals surface area contributed by atoms with Crippen molar-refractivity contribution in [3.63, 3.8) is 0 Å². The topological polar surface area (TPSA) is 178 Å². The predicted octanol–water partition coefficient (Wildman–Crippen LogP) is 5.42. The molecule has 3 heterocycles. The number of carbonyl (C=O) groups is 4. The van der Waals surface area contributed by atoms with Crippen molar-refractivity contribution in [2.45, 2.75) is 174 Å². The van der Waals surface area contributed by atoms with Crippen molar-refractivity contribution in [3.8, 4) is 0 Å². The Kier molecular flexibility index (Phi) is 18.1. The van der Waals surface area contributed by atoms with Crippen molar-refractivity contribution >= 4 is 23.4 Å². The minimum atomic E-state index is -2.51. The first-order valence-corrected chi connectivity index (χ1v) is 21.9. The quantitative estimate of drug-likeness (QED) is 0.161. The van der Waals surface area contributed by atoms with Crippen LogP contribution in [0.3, 0.4) is 0 Å². The second-order valence-electron chi connectivity index (χ2n) is 18.2. The lowest BCUT2D eigenvalue weighted by atomic mass is 9.81. The summed E-state index contributed by atoms with van der Waals surface area (Å²) in [4.78, 5) is 57.9. The summed E-state index contributed by atoms with van der Waals surface area (Å²) >= 11 is 0. The highest BCUT2D eigenvalue weighted by atomic mass is 16.7. The maximum Gasteiger partial charge on any atom is 0.329 e. The third-order valence-electron chi connectivity index (χ3n) is 13.1. The number of esters is 1. The number of allylic oxidation sites excluding steroid dienone is 3. The van der Waals surface area contributed by atoms with Gasteiger partial charge in [0.05, 0.1) is 37.1 Å². The number of hydrogen-bond acceptors (Lipinski definition) is 12. The molecular weight excluding hydrogens is 759 g/mol. The Balaban J connectivity index is 1.75. The molecule has 0 aromatic carbocycles. The number of aliphatic hydroxyl groups is 3. The molecule has 0 aromatic heterocycles. The number of fused-ring (bicyclic) bond motifs is 3. The maximum absolute atomic E-state index is 14.4. The molecule has 2 saturated heterocycles. The molecule has 334 valence electrons. The van der Waals surface area contributed by atoms with Gasteiger partial charge in [-0.3, -0.25) is 14.4 Å². The molecule has 0 radical (unpaired) electrons. The number of rotatable bonds is 8. The van der Waals surface area contributed by atoms with Gasteiger partial charge in [0.2, 0.25) is 5.79 Å². The molecule has 0 spiro atoms. The Labute approximate surface area is 351 Å². The minimum Gasteiger partial charge on any atom is -0.456 e. The van der Waals surface area contributed by atoms with Crippen LogP contribution in [-0.2, 0) is 42.9 Å². The van der Waals surface area contributed by atoms with E-state index in [9.17, 15) is 34.5 Å². The second kappa shape index (κ2) is 21.8. The van der Waals surface area contributed by atoms with Gasteiger partial charge < -0.3 is 43.9 Å². The maximum atomic E-state index is 14.4. The van der Waals surface area contributed by atoms with Crippen LogP contribution in [0.4, 0.5) is 0 Å². The zero-order chi connectivity index (χ0) is 43.8. The lowest BCUT2D eigenvalue weighted by Gasteiger charge is -2.47. The first-order valence-electron chi connectivity index (χ1n) is 21.9. The van der Waals surface area contributed by atoms with E-state index in [0.717, 1.165) is 11.1 Å². The van der Waals surface area contributed by atoms with E-state index in [0.29, 0.717) is 63.5 Å². The van der Waals surface area contributed by atoms with Crippen molar-refractivity contribution < 1.29 is 58.2 Å². The molecule has 0 aromatic rings. The molecule has 1 amide bonds. The van der Waals surface area contributed by atoms with Crippen molar-refractivity contribution in [1.29, 1.82) is 0 Å². The highest BCUT2D eigenvalue weighted by Crippen LogP contribution is 2.39. The Bertz CT molecular complexity index is 1540. The van der Waals surface area contributed by atoms with Gasteiger partial charge in [-0.1, -0.05) is 57.6 Å². The smallest absolute Gasteiger partial charge is 0.329 e. The number of piperidine rings is 1. The van der Waals surface area contributed by atoms with E-state index >= 15 is 0 Å². The van der Waals surface area contributed by atoms with E-state index in [1.807, 2.05) is 39.8 Å². The number of carbonyl (C=O) groups excluding carboxylic acids is 4. The number of nitrogens with zero attached hydrogens (tertiary/aromatic N) is 1. The van der Waals surface area contributed by atoms with E-state index in [-0.39, 0.29) is 43.4 Å². The number of amides is 1. The molecule has 2 bridgehead atoms. The minimum absolute atomic E-state index is 0.0302. The van der Waals surface area contributed by atoms with Gasteiger partial charge in [-0.15, -0.1) is 0 Å². The molecule has 3 N–H and O–H groups in total. The molecule has 13 nitrogen and oxygen atoms in total. The number of hydrogen-bond donors (Lipinski definition) is 3. The van der Waals surface area contributed by atoms with Crippen molar-refractivity contribution in [3.05, 3.63) is 35.5 Å². The summed E-state index contributed by atoms with van der Waals surface area (Å²) in [7, 11) is 3.06. The van der Waals surface area contributed by atoms with Crippen LogP contribution in [-0.4, -0.2) is 126 Å². The summed E-state index contributed by atoms with van der Waals surface area (Å²) in [6.45, 7) is 17.3. The van der Waals surface area contributed by atoms with Crippen LogP contribution < -0.4 is 0 Å². The van der Waals surface area contributed by atoms with E-state index in [4.69, 9.17) is 23.7 Å². The van der Waals surface area contributed by atoms with E-state index in [1.54, 1.807) is 13.8 Å². The molecule has 13 heteroatoms. The van der Waals surface area contributed by atoms with E-state index < -0.39 is 90.0 Å². The van der Waals surface area contributed by atoms with E-state index in [1.165, 1.54) is 19.1 Å². The van der Waals surface area contributed by atoms with Crippen LogP contribution in [0.15, 0.2) is 35.5 Å². The number of ether oxygens (including phenoxy) is 5. The average molecular weight is 832 g/mol. The molecule has 3 fully saturated rings. The van der Waals surface area contributed by atoms with Crippen molar-refractivity contribution in [2.24, 2.45) is 29.6 Å². The summed E-state index contributed by atoms with van der Waals surface area (Å²) in [5.41, 5.74) is 2.49. The number of aliphatic hydroxyl groups excluding tert-OH is 2. The molecule has 14 atom stereocenters. The van der Waals surface area contributed by atoms with Gasteiger partial charge in [0, 0.05) is 44.9 Å². The number of methoxy groups -OCH3 is 2. The van der Waals surface area contributed by atoms with Crippen LogP contribution in [0, 0.1) is 29.6 Å². The molecule has 1 saturated carbocycles. The normalized spacial score (nSPS) is 40.0.